The summed E-state index contributed by atoms with van der Waals surface area (Å²) in [5, 5.41) is 0. The van der Waals surface area contributed by atoms with E-state index in [-0.39, 0.29) is 44.0 Å². The van der Waals surface area contributed by atoms with Gasteiger partial charge in [0, 0.05) is 19.3 Å². The molecule has 0 bridgehead atoms. The van der Waals surface area contributed by atoms with Crippen LogP contribution >= 0.6 is 0 Å². The van der Waals surface area contributed by atoms with Crippen molar-refractivity contribution in [1.82, 2.24) is 0 Å². The molecule has 0 aliphatic carbocycles. The van der Waals surface area contributed by atoms with Crippen LogP contribution in [-0.4, -0.2) is 37.2 Å². The predicted octanol–water partition coefficient (Wildman–Crippen LogP) is 17.3. The van der Waals surface area contributed by atoms with Crippen molar-refractivity contribution in [3.63, 3.8) is 0 Å². The zero-order valence-corrected chi connectivity index (χ0v) is 41.7. The van der Waals surface area contributed by atoms with Gasteiger partial charge in [0.15, 0.2) is 6.10 Å². The molecule has 0 saturated carbocycles. The molecule has 0 aliphatic heterocycles. The van der Waals surface area contributed by atoms with Crippen LogP contribution in [0, 0.1) is 0 Å². The first-order valence-corrected chi connectivity index (χ1v) is 26.1. The van der Waals surface area contributed by atoms with Gasteiger partial charge in [-0.05, 0) is 103 Å². The van der Waals surface area contributed by atoms with Crippen LogP contribution in [0.25, 0.3) is 0 Å². The van der Waals surface area contributed by atoms with Gasteiger partial charge in [-0.3, -0.25) is 14.4 Å². The summed E-state index contributed by atoms with van der Waals surface area (Å²) in [6.45, 7) is 6.35. The lowest BCUT2D eigenvalue weighted by Gasteiger charge is -2.18. The van der Waals surface area contributed by atoms with Crippen molar-refractivity contribution in [2.45, 2.75) is 219 Å². The molecule has 0 N–H and O–H groups in total. The number of ether oxygens (including phenoxy) is 3. The lowest BCUT2D eigenvalue weighted by molar-refractivity contribution is -0.167. The van der Waals surface area contributed by atoms with E-state index in [1.807, 2.05) is 48.6 Å². The maximum atomic E-state index is 12.8. The fourth-order valence-corrected chi connectivity index (χ4v) is 6.63. The largest absolute Gasteiger partial charge is 0.462 e. The second kappa shape index (κ2) is 52.4. The molecule has 0 aromatic heterocycles. The summed E-state index contributed by atoms with van der Waals surface area (Å²) in [6, 6.07) is 0. The Kier molecular flexibility index (Phi) is 49.1. The molecular weight excluding hydrogens is 805 g/mol. The van der Waals surface area contributed by atoms with Gasteiger partial charge in [-0.1, -0.05) is 213 Å². The number of hydrogen-bond donors (Lipinski definition) is 0. The Morgan fingerprint density at radius 2 is 0.677 bits per heavy atom. The molecule has 1 atom stereocenters. The Balaban J connectivity index is 4.58. The van der Waals surface area contributed by atoms with E-state index < -0.39 is 6.10 Å². The van der Waals surface area contributed by atoms with Gasteiger partial charge in [-0.15, -0.1) is 0 Å². The zero-order chi connectivity index (χ0) is 47.2. The van der Waals surface area contributed by atoms with Crippen molar-refractivity contribution in [1.29, 1.82) is 0 Å². The minimum Gasteiger partial charge on any atom is -0.462 e. The van der Waals surface area contributed by atoms with E-state index in [0.29, 0.717) is 19.3 Å². The van der Waals surface area contributed by atoms with E-state index >= 15 is 0 Å². The van der Waals surface area contributed by atoms with Gasteiger partial charge < -0.3 is 14.2 Å². The van der Waals surface area contributed by atoms with Gasteiger partial charge in [0.1, 0.15) is 13.2 Å². The first-order valence-electron chi connectivity index (χ1n) is 26.1. The minimum absolute atomic E-state index is 0.118. The maximum Gasteiger partial charge on any atom is 0.306 e. The van der Waals surface area contributed by atoms with Crippen LogP contribution in [-0.2, 0) is 28.6 Å². The number of unbranched alkanes of at least 4 members (excludes halogenated alkanes) is 18. The first kappa shape index (κ1) is 60.8. The van der Waals surface area contributed by atoms with Crippen molar-refractivity contribution in [2.24, 2.45) is 0 Å². The van der Waals surface area contributed by atoms with Gasteiger partial charge in [0.05, 0.1) is 0 Å². The lowest BCUT2D eigenvalue weighted by atomic mass is 10.1. The Labute approximate surface area is 399 Å². The van der Waals surface area contributed by atoms with E-state index in [1.165, 1.54) is 89.9 Å². The number of carbonyl (C=O) groups excluding carboxylic acids is 3. The monoisotopic (exact) mass is 899 g/mol. The van der Waals surface area contributed by atoms with Crippen molar-refractivity contribution in [3.8, 4) is 0 Å². The summed E-state index contributed by atoms with van der Waals surface area (Å²) < 4.78 is 16.7. The Bertz CT molecular complexity index is 1400. The van der Waals surface area contributed by atoms with E-state index in [2.05, 4.69) is 93.7 Å². The molecule has 0 fully saturated rings. The molecule has 0 rings (SSSR count). The quantitative estimate of drug-likeness (QED) is 0.0199. The molecule has 0 aliphatic rings. The summed E-state index contributed by atoms with van der Waals surface area (Å²) in [4.78, 5) is 38.0. The van der Waals surface area contributed by atoms with Crippen molar-refractivity contribution < 1.29 is 28.6 Å². The molecule has 6 nitrogen and oxygen atoms in total. The van der Waals surface area contributed by atoms with E-state index in [4.69, 9.17) is 14.2 Å². The van der Waals surface area contributed by atoms with Crippen LogP contribution in [0.15, 0.2) is 122 Å². The summed E-state index contributed by atoms with van der Waals surface area (Å²) in [6.07, 6.45) is 71.8. The summed E-state index contributed by atoms with van der Waals surface area (Å²) >= 11 is 0. The fraction of sp³-hybridized carbons (Fsp3) is 0.610. The molecular formula is C59H94O6. The van der Waals surface area contributed by atoms with Crippen molar-refractivity contribution >= 4 is 17.9 Å². The lowest BCUT2D eigenvalue weighted by Crippen LogP contribution is -2.30. The van der Waals surface area contributed by atoms with Gasteiger partial charge in [-0.2, -0.15) is 0 Å². The van der Waals surface area contributed by atoms with Crippen LogP contribution in [0.1, 0.15) is 213 Å². The summed E-state index contributed by atoms with van der Waals surface area (Å²) in [7, 11) is 0. The molecule has 65 heavy (non-hydrogen) atoms. The standard InChI is InChI=1S/C59H94O6/c1-4-7-10-13-16-19-22-25-28-29-32-34-37-40-43-46-49-52-58(61)64-55-56(65-59(62)53-50-47-44-41-38-35-31-27-24-21-18-15-12-9-6-3)54-63-57(60)51-48-45-42-39-36-33-30-26-23-20-17-14-11-8-5-2/h9,12,15-16,18-21,23-25,27-28,31-32,34-35,38,40,43,56H,4-8,10-11,13-14,17,22,26,29-30,33,36-37,39,41-42,44-55H2,1-3H3/b12-9-,18-15-,19-16-,23-20-,24-21-,28-25-,31-27-,34-32-,38-35-,43-40-. The highest BCUT2D eigenvalue weighted by Gasteiger charge is 2.19. The number of allylic oxidation sites excluding steroid dienone is 20. The molecule has 6 heteroatoms. The normalized spacial score (nSPS) is 13.1. The Morgan fingerprint density at radius 3 is 1.20 bits per heavy atom. The third kappa shape index (κ3) is 50.7. The molecule has 0 amide bonds. The topological polar surface area (TPSA) is 78.9 Å². The highest BCUT2D eigenvalue weighted by Crippen LogP contribution is 2.13. The first-order chi connectivity index (χ1) is 32.0. The average Bonchev–Trinajstić information content (AvgIpc) is 3.30. The average molecular weight is 899 g/mol. The van der Waals surface area contributed by atoms with Gasteiger partial charge in [0.2, 0.25) is 0 Å². The second-order valence-corrected chi connectivity index (χ2v) is 16.8. The molecule has 0 aromatic carbocycles. The second-order valence-electron chi connectivity index (χ2n) is 16.8. The van der Waals surface area contributed by atoms with E-state index in [0.717, 1.165) is 70.6 Å². The predicted molar refractivity (Wildman–Crippen MR) is 279 cm³/mol. The Hall–Kier alpha value is -4.19. The number of hydrogen-bond acceptors (Lipinski definition) is 6. The third-order valence-electron chi connectivity index (χ3n) is 10.5. The number of rotatable bonds is 45. The highest BCUT2D eigenvalue weighted by atomic mass is 16.6. The highest BCUT2D eigenvalue weighted by molar-refractivity contribution is 5.71. The number of esters is 3. The van der Waals surface area contributed by atoms with E-state index in [1.54, 1.807) is 0 Å². The molecule has 0 heterocycles. The molecule has 0 radical (unpaired) electrons. The van der Waals surface area contributed by atoms with Crippen molar-refractivity contribution in [2.75, 3.05) is 13.2 Å². The van der Waals surface area contributed by atoms with Gasteiger partial charge in [-0.25, -0.2) is 0 Å². The summed E-state index contributed by atoms with van der Waals surface area (Å²) in [5.41, 5.74) is 0. The molecule has 0 spiro atoms. The maximum absolute atomic E-state index is 12.8. The summed E-state index contributed by atoms with van der Waals surface area (Å²) in [5.74, 6) is -1.03. The molecule has 0 saturated heterocycles. The zero-order valence-electron chi connectivity index (χ0n) is 41.7. The van der Waals surface area contributed by atoms with Crippen molar-refractivity contribution in [3.05, 3.63) is 122 Å². The van der Waals surface area contributed by atoms with E-state index in [9.17, 15) is 14.4 Å². The smallest absolute Gasteiger partial charge is 0.306 e. The van der Waals surface area contributed by atoms with Crippen LogP contribution < -0.4 is 0 Å². The van der Waals surface area contributed by atoms with Crippen LogP contribution in [0.5, 0.6) is 0 Å². The van der Waals surface area contributed by atoms with Crippen LogP contribution in [0.2, 0.25) is 0 Å². The molecule has 366 valence electrons. The van der Waals surface area contributed by atoms with Crippen LogP contribution in [0.3, 0.4) is 0 Å². The fourth-order valence-electron chi connectivity index (χ4n) is 6.63. The van der Waals surface area contributed by atoms with Gasteiger partial charge >= 0.3 is 17.9 Å². The molecule has 1 unspecified atom stereocenters. The minimum atomic E-state index is -0.827. The van der Waals surface area contributed by atoms with Crippen LogP contribution in [0.4, 0.5) is 0 Å². The molecule has 0 aromatic rings. The van der Waals surface area contributed by atoms with Gasteiger partial charge in [0.25, 0.3) is 0 Å². The third-order valence-corrected chi connectivity index (χ3v) is 10.5. The Morgan fingerprint density at radius 1 is 0.338 bits per heavy atom. The SMILES string of the molecule is CC\C=C/C=C\C=C/C=C\C=C/CCCCCC(=O)OC(COC(=O)CCC/C=C\C/C=C\C/C=C\C/C=C\CCCCC)COC(=O)CCCCCCCCC/C=C\CCCCCC. The number of carbonyl (C=O) groups is 3.